The molecule has 0 radical (unpaired) electrons. The predicted molar refractivity (Wildman–Crippen MR) is 213 cm³/mol. The first-order valence-electron chi connectivity index (χ1n) is 20.9. The van der Waals surface area contributed by atoms with Crippen molar-refractivity contribution in [2.45, 2.75) is 147 Å². The SMILES string of the molecule is C=CCC1=CC(C)CC(C)CC(OC)C2OC(O)(C(=O)C(=O)N3CCCC(C3)C(=O)OC(C(C)=CC3CCC(O)C(OC)C3)C(C)C(O)CC1=O)C(C)CC2OC. The van der Waals surface area contributed by atoms with Gasteiger partial charge in [-0.2, -0.15) is 0 Å². The van der Waals surface area contributed by atoms with Gasteiger partial charge in [-0.05, 0) is 93.6 Å². The molecule has 322 valence electrons. The van der Waals surface area contributed by atoms with E-state index in [1.165, 1.54) is 19.1 Å². The molecule has 14 atom stereocenters. The van der Waals surface area contributed by atoms with E-state index in [2.05, 4.69) is 13.5 Å². The number of cyclic esters (lactones) is 1. The Labute approximate surface area is 339 Å². The number of esters is 1. The first-order valence-corrected chi connectivity index (χ1v) is 20.9. The molecule has 1 amide bonds. The van der Waals surface area contributed by atoms with Crippen molar-refractivity contribution in [1.82, 2.24) is 4.90 Å². The van der Waals surface area contributed by atoms with Crippen LogP contribution < -0.4 is 0 Å². The maximum atomic E-state index is 14.1. The van der Waals surface area contributed by atoms with Gasteiger partial charge in [-0.25, -0.2) is 0 Å². The van der Waals surface area contributed by atoms with E-state index < -0.39 is 77.8 Å². The van der Waals surface area contributed by atoms with Crippen LogP contribution in [-0.4, -0.2) is 127 Å². The number of Topliss-reactive ketones (excluding diaryl/α,β-unsaturated/α-hetero) is 2. The maximum Gasteiger partial charge on any atom is 0.311 e. The fourth-order valence-electron chi connectivity index (χ4n) is 9.41. The van der Waals surface area contributed by atoms with Gasteiger partial charge in [-0.3, -0.25) is 19.2 Å². The molecule has 4 rings (SSSR count). The number of aliphatic hydroxyl groups is 3. The molecule has 14 unspecified atom stereocenters. The van der Waals surface area contributed by atoms with E-state index in [0.717, 1.165) is 0 Å². The van der Waals surface area contributed by atoms with Crippen LogP contribution in [0, 0.1) is 35.5 Å². The normalized spacial score (nSPS) is 40.1. The molecule has 3 N–H and O–H groups in total. The van der Waals surface area contributed by atoms with Gasteiger partial charge >= 0.3 is 5.97 Å². The van der Waals surface area contributed by atoms with Crippen molar-refractivity contribution in [3.05, 3.63) is 36.0 Å². The fourth-order valence-corrected chi connectivity index (χ4v) is 9.41. The molecule has 0 aromatic rings. The van der Waals surface area contributed by atoms with E-state index in [1.807, 2.05) is 26.0 Å². The number of nitrogens with zero attached hydrogens (tertiary/aromatic N) is 1. The molecule has 1 saturated carbocycles. The first-order chi connectivity index (χ1) is 27.0. The summed E-state index contributed by atoms with van der Waals surface area (Å²) in [6.45, 7) is 13.3. The number of carbonyl (C=O) groups is 4. The second kappa shape index (κ2) is 21.0. The van der Waals surface area contributed by atoms with E-state index in [1.54, 1.807) is 27.0 Å². The van der Waals surface area contributed by atoms with Crippen molar-refractivity contribution in [3.63, 3.8) is 0 Å². The lowest BCUT2D eigenvalue weighted by atomic mass is 9.81. The molecule has 4 bridgehead atoms. The average Bonchev–Trinajstić information content (AvgIpc) is 3.18. The highest BCUT2D eigenvalue weighted by Gasteiger charge is 2.56. The predicted octanol–water partition coefficient (Wildman–Crippen LogP) is 4.50. The van der Waals surface area contributed by atoms with Crippen molar-refractivity contribution in [2.75, 3.05) is 34.4 Å². The molecule has 0 spiro atoms. The highest BCUT2D eigenvalue weighted by atomic mass is 16.7. The van der Waals surface area contributed by atoms with E-state index in [-0.39, 0.29) is 55.6 Å². The molecular formula is C44H69NO12. The van der Waals surface area contributed by atoms with Gasteiger partial charge in [-0.15, -0.1) is 6.58 Å². The summed E-state index contributed by atoms with van der Waals surface area (Å²) in [4.78, 5) is 57.2. The number of carbonyl (C=O) groups excluding carboxylic acids is 4. The monoisotopic (exact) mass is 803 g/mol. The summed E-state index contributed by atoms with van der Waals surface area (Å²) in [5.74, 6) is -7.59. The molecule has 1 aliphatic carbocycles. The molecule has 2 saturated heterocycles. The lowest BCUT2D eigenvalue weighted by Crippen LogP contribution is -2.63. The Hall–Kier alpha value is -2.78. The molecule has 13 heteroatoms. The lowest BCUT2D eigenvalue weighted by Gasteiger charge is -2.46. The number of methoxy groups -OCH3 is 3. The van der Waals surface area contributed by atoms with Crippen LogP contribution in [0.5, 0.6) is 0 Å². The Bertz CT molecular complexity index is 1480. The molecule has 0 aromatic heterocycles. The quantitative estimate of drug-likeness (QED) is 0.187. The summed E-state index contributed by atoms with van der Waals surface area (Å²) in [6, 6.07) is 0. The summed E-state index contributed by atoms with van der Waals surface area (Å²) in [5, 5.41) is 34.0. The number of rotatable bonds is 7. The second-order valence-corrected chi connectivity index (χ2v) is 17.4. The van der Waals surface area contributed by atoms with Gasteiger partial charge in [0.05, 0.1) is 36.4 Å². The zero-order valence-corrected chi connectivity index (χ0v) is 35.4. The number of aliphatic hydroxyl groups excluding tert-OH is 2. The van der Waals surface area contributed by atoms with Crippen molar-refractivity contribution in [3.8, 4) is 0 Å². The van der Waals surface area contributed by atoms with Crippen LogP contribution in [-0.2, 0) is 42.9 Å². The molecule has 4 aliphatic rings. The largest absolute Gasteiger partial charge is 0.457 e. The molecule has 3 heterocycles. The molecular weight excluding hydrogens is 734 g/mol. The van der Waals surface area contributed by atoms with E-state index in [0.29, 0.717) is 62.5 Å². The standard InChI is InChI=1S/C44H69NO12/c1-10-12-31-18-25(2)17-26(3)19-37(54-8)40-38(55-9)21-28(5)44(52,57-40)41(49)42(50)45-16-11-13-32(24-45)43(51)56-39(29(6)34(47)23-35(31)48)27(4)20-30-14-15-33(46)36(22-30)53-7/h10,18,20,25-26,28-30,32-34,36-40,46-47,52H,1,11-17,19,21-24H2,2-9H3. The van der Waals surface area contributed by atoms with E-state index in [9.17, 15) is 34.5 Å². The van der Waals surface area contributed by atoms with E-state index in [4.69, 9.17) is 23.7 Å². The number of hydrogen-bond donors (Lipinski definition) is 3. The molecule has 3 aliphatic heterocycles. The lowest BCUT2D eigenvalue weighted by molar-refractivity contribution is -0.302. The Morgan fingerprint density at radius 1 is 0.930 bits per heavy atom. The minimum atomic E-state index is -2.45. The van der Waals surface area contributed by atoms with Gasteiger partial charge in [0.1, 0.15) is 12.2 Å². The zero-order valence-electron chi connectivity index (χ0n) is 35.4. The van der Waals surface area contributed by atoms with Crippen LogP contribution in [0.3, 0.4) is 0 Å². The minimum absolute atomic E-state index is 0.0188. The van der Waals surface area contributed by atoms with Crippen LogP contribution in [0.15, 0.2) is 36.0 Å². The van der Waals surface area contributed by atoms with E-state index >= 15 is 0 Å². The number of piperidine rings is 1. The van der Waals surface area contributed by atoms with Crippen molar-refractivity contribution >= 4 is 23.4 Å². The van der Waals surface area contributed by atoms with Gasteiger partial charge in [0.15, 0.2) is 5.78 Å². The van der Waals surface area contributed by atoms with Crippen LogP contribution in [0.25, 0.3) is 0 Å². The third-order valence-corrected chi connectivity index (χ3v) is 12.9. The summed E-state index contributed by atoms with van der Waals surface area (Å²) in [7, 11) is 4.63. The maximum absolute atomic E-state index is 14.1. The van der Waals surface area contributed by atoms with Crippen molar-refractivity contribution in [2.24, 2.45) is 35.5 Å². The minimum Gasteiger partial charge on any atom is -0.457 e. The van der Waals surface area contributed by atoms with Gasteiger partial charge in [-0.1, -0.05) is 45.9 Å². The highest BCUT2D eigenvalue weighted by Crippen LogP contribution is 2.39. The molecule has 13 nitrogen and oxygen atoms in total. The number of ether oxygens (including phenoxy) is 5. The fraction of sp³-hybridized carbons (Fsp3) is 0.773. The van der Waals surface area contributed by atoms with Crippen LogP contribution in [0.4, 0.5) is 0 Å². The summed E-state index contributed by atoms with van der Waals surface area (Å²) in [5.41, 5.74) is 1.23. The summed E-state index contributed by atoms with van der Waals surface area (Å²) in [6.07, 6.45) is 4.72. The van der Waals surface area contributed by atoms with Gasteiger partial charge < -0.3 is 43.9 Å². The van der Waals surface area contributed by atoms with Crippen LogP contribution in [0.2, 0.25) is 0 Å². The molecule has 57 heavy (non-hydrogen) atoms. The Balaban J connectivity index is 1.73. The van der Waals surface area contributed by atoms with Gasteiger partial charge in [0.2, 0.25) is 5.79 Å². The second-order valence-electron chi connectivity index (χ2n) is 17.4. The number of fused-ring (bicyclic) bond motifs is 4. The van der Waals surface area contributed by atoms with Crippen LogP contribution >= 0.6 is 0 Å². The van der Waals surface area contributed by atoms with Crippen molar-refractivity contribution < 1.29 is 58.2 Å². The first kappa shape index (κ1) is 46.9. The third-order valence-electron chi connectivity index (χ3n) is 12.9. The molecule has 3 fully saturated rings. The summed E-state index contributed by atoms with van der Waals surface area (Å²) >= 11 is 0. The van der Waals surface area contributed by atoms with Crippen LogP contribution in [0.1, 0.15) is 98.8 Å². The van der Waals surface area contributed by atoms with Gasteiger partial charge in [0, 0.05) is 52.7 Å². The number of allylic oxidation sites excluding steroid dienone is 4. The third kappa shape index (κ3) is 11.5. The zero-order chi connectivity index (χ0) is 42.2. The van der Waals surface area contributed by atoms with Crippen molar-refractivity contribution in [1.29, 1.82) is 0 Å². The average molecular weight is 804 g/mol. The Kier molecular flexibility index (Phi) is 17.2. The molecule has 0 aromatic carbocycles. The smallest absolute Gasteiger partial charge is 0.311 e. The number of amides is 1. The van der Waals surface area contributed by atoms with Gasteiger partial charge in [0.25, 0.3) is 11.7 Å². The number of ketones is 2. The summed E-state index contributed by atoms with van der Waals surface area (Å²) < 4.78 is 29.7. The topological polar surface area (TPSA) is 178 Å². The number of hydrogen-bond acceptors (Lipinski definition) is 12. The highest BCUT2D eigenvalue weighted by molar-refractivity contribution is 6.38. The Morgan fingerprint density at radius 2 is 1.60 bits per heavy atom. The Morgan fingerprint density at radius 3 is 2.25 bits per heavy atom.